The molecule has 2 aromatic carbocycles. The molecule has 6 heteroatoms. The Morgan fingerprint density at radius 3 is 2.40 bits per heavy atom. The Kier molecular flexibility index (Phi) is 4.67. The number of anilines is 3. The van der Waals surface area contributed by atoms with E-state index in [1.807, 2.05) is 37.3 Å². The maximum absolute atomic E-state index is 12.2. The lowest BCUT2D eigenvalue weighted by molar-refractivity contribution is 0.102. The van der Waals surface area contributed by atoms with Gasteiger partial charge in [0.15, 0.2) is 0 Å². The molecule has 6 nitrogen and oxygen atoms in total. The third-order valence-electron chi connectivity index (χ3n) is 3.52. The smallest absolute Gasteiger partial charge is 0.258 e. The number of nitriles is 1. The van der Waals surface area contributed by atoms with Crippen molar-refractivity contribution < 1.29 is 4.79 Å². The molecule has 122 valence electrons. The number of carbonyl (C=O) groups excluding carboxylic acids is 1. The first kappa shape index (κ1) is 16.1. The number of carbonyl (C=O) groups is 1. The van der Waals surface area contributed by atoms with Gasteiger partial charge in [-0.05, 0) is 31.2 Å². The standard InChI is InChI=1S/C19H15N5O/c1-13-6-8-16(9-7-13)23-18(25)15-11-21-19(22-12-15)24-17-5-3-2-4-14(17)10-20/h2-9,11-12H,1H3,(H,23,25)(H,21,22,24). The number of hydrogen-bond acceptors (Lipinski definition) is 5. The molecule has 0 radical (unpaired) electrons. The average molecular weight is 329 g/mol. The molecule has 0 bridgehead atoms. The summed E-state index contributed by atoms with van der Waals surface area (Å²) in [6, 6.07) is 16.7. The van der Waals surface area contributed by atoms with Crippen LogP contribution in [0.4, 0.5) is 17.3 Å². The van der Waals surface area contributed by atoms with Crippen molar-refractivity contribution in [3.63, 3.8) is 0 Å². The van der Waals surface area contributed by atoms with Crippen molar-refractivity contribution in [1.29, 1.82) is 5.26 Å². The number of aryl methyl sites for hydroxylation is 1. The van der Waals surface area contributed by atoms with Crippen LogP contribution < -0.4 is 10.6 Å². The third-order valence-corrected chi connectivity index (χ3v) is 3.52. The van der Waals surface area contributed by atoms with Crippen LogP contribution in [-0.2, 0) is 0 Å². The Morgan fingerprint density at radius 1 is 1.04 bits per heavy atom. The van der Waals surface area contributed by atoms with Crippen molar-refractivity contribution in [2.75, 3.05) is 10.6 Å². The van der Waals surface area contributed by atoms with E-state index in [0.29, 0.717) is 28.5 Å². The van der Waals surface area contributed by atoms with E-state index in [1.54, 1.807) is 18.2 Å². The minimum Gasteiger partial charge on any atom is -0.323 e. The Morgan fingerprint density at radius 2 is 1.72 bits per heavy atom. The highest BCUT2D eigenvalue weighted by atomic mass is 16.1. The molecule has 0 saturated carbocycles. The molecule has 0 saturated heterocycles. The van der Waals surface area contributed by atoms with Gasteiger partial charge in [0.2, 0.25) is 5.95 Å². The Labute approximate surface area is 145 Å². The third kappa shape index (κ3) is 3.98. The van der Waals surface area contributed by atoms with Crippen LogP contribution in [0, 0.1) is 18.3 Å². The highest BCUT2D eigenvalue weighted by Gasteiger charge is 2.09. The first-order chi connectivity index (χ1) is 12.2. The SMILES string of the molecule is Cc1ccc(NC(=O)c2cnc(Nc3ccccc3C#N)nc2)cc1. The molecule has 0 aliphatic heterocycles. The molecule has 0 atom stereocenters. The summed E-state index contributed by atoms with van der Waals surface area (Å²) in [5.41, 5.74) is 3.28. The molecule has 3 aromatic rings. The zero-order chi connectivity index (χ0) is 17.6. The predicted octanol–water partition coefficient (Wildman–Crippen LogP) is 3.65. The Bertz CT molecular complexity index is 927. The largest absolute Gasteiger partial charge is 0.323 e. The maximum atomic E-state index is 12.2. The fourth-order valence-corrected chi connectivity index (χ4v) is 2.16. The van der Waals surface area contributed by atoms with Crippen molar-refractivity contribution in [3.8, 4) is 6.07 Å². The van der Waals surface area contributed by atoms with Gasteiger partial charge < -0.3 is 10.6 Å². The van der Waals surface area contributed by atoms with E-state index in [4.69, 9.17) is 5.26 Å². The van der Waals surface area contributed by atoms with E-state index in [9.17, 15) is 4.79 Å². The van der Waals surface area contributed by atoms with E-state index in [-0.39, 0.29) is 5.91 Å². The molecule has 1 amide bonds. The average Bonchev–Trinajstić information content (AvgIpc) is 2.64. The lowest BCUT2D eigenvalue weighted by Gasteiger charge is -2.08. The van der Waals surface area contributed by atoms with Crippen LogP contribution in [0.15, 0.2) is 60.9 Å². The molecule has 2 N–H and O–H groups in total. The van der Waals surface area contributed by atoms with Gasteiger partial charge in [0.05, 0.1) is 16.8 Å². The van der Waals surface area contributed by atoms with Crippen LogP contribution in [0.1, 0.15) is 21.5 Å². The number of benzene rings is 2. The van der Waals surface area contributed by atoms with Crippen LogP contribution in [0.25, 0.3) is 0 Å². The minimum atomic E-state index is -0.284. The highest BCUT2D eigenvalue weighted by Crippen LogP contribution is 2.17. The topological polar surface area (TPSA) is 90.7 Å². The summed E-state index contributed by atoms with van der Waals surface area (Å²) in [5, 5.41) is 14.8. The maximum Gasteiger partial charge on any atom is 0.258 e. The number of nitrogens with one attached hydrogen (secondary N) is 2. The highest BCUT2D eigenvalue weighted by molar-refractivity contribution is 6.03. The van der Waals surface area contributed by atoms with E-state index in [2.05, 4.69) is 26.7 Å². The predicted molar refractivity (Wildman–Crippen MR) is 95.6 cm³/mol. The van der Waals surface area contributed by atoms with Crippen molar-refractivity contribution in [2.45, 2.75) is 6.92 Å². The van der Waals surface area contributed by atoms with Gasteiger partial charge in [-0.3, -0.25) is 4.79 Å². The lowest BCUT2D eigenvalue weighted by atomic mass is 10.2. The van der Waals surface area contributed by atoms with Crippen molar-refractivity contribution in [2.24, 2.45) is 0 Å². The lowest BCUT2D eigenvalue weighted by Crippen LogP contribution is -2.13. The molecule has 1 heterocycles. The van der Waals surface area contributed by atoms with Gasteiger partial charge in [0, 0.05) is 18.1 Å². The molecule has 3 rings (SSSR count). The van der Waals surface area contributed by atoms with E-state index >= 15 is 0 Å². The summed E-state index contributed by atoms with van der Waals surface area (Å²) >= 11 is 0. The number of aromatic nitrogens is 2. The van der Waals surface area contributed by atoms with Crippen LogP contribution in [0.2, 0.25) is 0 Å². The van der Waals surface area contributed by atoms with Crippen LogP contribution >= 0.6 is 0 Å². The molecule has 25 heavy (non-hydrogen) atoms. The van der Waals surface area contributed by atoms with Gasteiger partial charge in [-0.1, -0.05) is 29.8 Å². The molecule has 0 fully saturated rings. The molecule has 1 aromatic heterocycles. The number of nitrogens with zero attached hydrogens (tertiary/aromatic N) is 3. The summed E-state index contributed by atoms with van der Waals surface area (Å²) in [5.74, 6) is 0.0300. The second-order valence-electron chi connectivity index (χ2n) is 5.40. The van der Waals surface area contributed by atoms with Gasteiger partial charge in [0.1, 0.15) is 6.07 Å². The second kappa shape index (κ2) is 7.23. The first-order valence-corrected chi connectivity index (χ1v) is 7.62. The zero-order valence-electron chi connectivity index (χ0n) is 13.5. The Balaban J connectivity index is 1.70. The number of para-hydroxylation sites is 1. The van der Waals surface area contributed by atoms with Gasteiger partial charge in [-0.2, -0.15) is 5.26 Å². The molecule has 0 aliphatic carbocycles. The zero-order valence-corrected chi connectivity index (χ0v) is 13.5. The Hall–Kier alpha value is -3.72. The van der Waals surface area contributed by atoms with Gasteiger partial charge in [-0.25, -0.2) is 9.97 Å². The summed E-state index contributed by atoms with van der Waals surface area (Å²) in [4.78, 5) is 20.5. The second-order valence-corrected chi connectivity index (χ2v) is 5.40. The van der Waals surface area contributed by atoms with Crippen molar-refractivity contribution in [1.82, 2.24) is 9.97 Å². The summed E-state index contributed by atoms with van der Waals surface area (Å²) in [6.45, 7) is 1.98. The van der Waals surface area contributed by atoms with E-state index in [1.165, 1.54) is 12.4 Å². The number of hydrogen-bond donors (Lipinski definition) is 2. The quantitative estimate of drug-likeness (QED) is 0.762. The van der Waals surface area contributed by atoms with Crippen molar-refractivity contribution in [3.05, 3.63) is 77.6 Å². The van der Waals surface area contributed by atoms with Gasteiger partial charge in [-0.15, -0.1) is 0 Å². The molecule has 0 spiro atoms. The van der Waals surface area contributed by atoms with E-state index < -0.39 is 0 Å². The van der Waals surface area contributed by atoms with Crippen molar-refractivity contribution >= 4 is 23.2 Å². The fourth-order valence-electron chi connectivity index (χ4n) is 2.16. The molecule has 0 aliphatic rings. The van der Waals surface area contributed by atoms with Gasteiger partial charge in [0.25, 0.3) is 5.91 Å². The molecular formula is C19H15N5O. The fraction of sp³-hybridized carbons (Fsp3) is 0.0526. The van der Waals surface area contributed by atoms with Gasteiger partial charge >= 0.3 is 0 Å². The summed E-state index contributed by atoms with van der Waals surface area (Å²) < 4.78 is 0. The monoisotopic (exact) mass is 329 g/mol. The first-order valence-electron chi connectivity index (χ1n) is 7.62. The normalized spacial score (nSPS) is 9.92. The van der Waals surface area contributed by atoms with E-state index in [0.717, 1.165) is 5.56 Å². The van der Waals surface area contributed by atoms with Crippen LogP contribution in [0.5, 0.6) is 0 Å². The minimum absolute atomic E-state index is 0.284. The summed E-state index contributed by atoms with van der Waals surface area (Å²) in [7, 11) is 0. The van der Waals surface area contributed by atoms with Crippen LogP contribution in [-0.4, -0.2) is 15.9 Å². The summed E-state index contributed by atoms with van der Waals surface area (Å²) in [6.07, 6.45) is 2.88. The van der Waals surface area contributed by atoms with Crippen LogP contribution in [0.3, 0.4) is 0 Å². The number of rotatable bonds is 4. The number of amides is 1. The molecular weight excluding hydrogens is 314 g/mol. The molecule has 0 unspecified atom stereocenters.